The van der Waals surface area contributed by atoms with Gasteiger partial charge in [-0.2, -0.15) is 5.10 Å². The molecule has 1 aliphatic carbocycles. The van der Waals surface area contributed by atoms with E-state index in [9.17, 15) is 4.79 Å². The van der Waals surface area contributed by atoms with E-state index < -0.39 is 0 Å². The van der Waals surface area contributed by atoms with Gasteiger partial charge in [0.2, 0.25) is 0 Å². The van der Waals surface area contributed by atoms with E-state index in [-0.39, 0.29) is 11.7 Å². The number of rotatable bonds is 4. The Bertz CT molecular complexity index is 864. The molecule has 1 saturated carbocycles. The molecule has 22 heavy (non-hydrogen) atoms. The SMILES string of the molecule is Cn1cc(-c2ccc3cnc(CC(=O)C4CC4)nc3c2)cn1. The van der Waals surface area contributed by atoms with Crippen LogP contribution in [0.3, 0.4) is 0 Å². The first-order chi connectivity index (χ1) is 10.7. The molecule has 0 bridgehead atoms. The molecular formula is C17H16N4O. The van der Waals surface area contributed by atoms with Crippen molar-refractivity contribution in [2.45, 2.75) is 19.3 Å². The van der Waals surface area contributed by atoms with E-state index in [1.54, 1.807) is 10.9 Å². The van der Waals surface area contributed by atoms with Crippen LogP contribution in [0.2, 0.25) is 0 Å². The molecule has 0 unspecified atom stereocenters. The highest BCUT2D eigenvalue weighted by Gasteiger charge is 2.29. The molecular weight excluding hydrogens is 276 g/mol. The van der Waals surface area contributed by atoms with Gasteiger partial charge in [0.1, 0.15) is 11.6 Å². The summed E-state index contributed by atoms with van der Waals surface area (Å²) in [4.78, 5) is 20.8. The van der Waals surface area contributed by atoms with Crippen LogP contribution >= 0.6 is 0 Å². The lowest BCUT2D eigenvalue weighted by atomic mass is 10.1. The smallest absolute Gasteiger partial charge is 0.143 e. The molecule has 0 saturated heterocycles. The van der Waals surface area contributed by atoms with Gasteiger partial charge < -0.3 is 0 Å². The molecule has 0 atom stereocenters. The van der Waals surface area contributed by atoms with Gasteiger partial charge in [0, 0.05) is 36.3 Å². The van der Waals surface area contributed by atoms with Crippen molar-refractivity contribution >= 4 is 16.7 Å². The van der Waals surface area contributed by atoms with Gasteiger partial charge in [-0.15, -0.1) is 0 Å². The molecule has 3 aromatic rings. The van der Waals surface area contributed by atoms with Crippen LogP contribution < -0.4 is 0 Å². The Balaban J connectivity index is 1.69. The van der Waals surface area contributed by atoms with Crippen LogP contribution in [-0.4, -0.2) is 25.5 Å². The Hall–Kier alpha value is -2.56. The average molecular weight is 292 g/mol. The molecule has 1 fully saturated rings. The number of hydrogen-bond donors (Lipinski definition) is 0. The summed E-state index contributed by atoms with van der Waals surface area (Å²) < 4.78 is 1.78. The standard InChI is InChI=1S/C17H16N4O/c1-21-10-14(9-19-21)12-4-5-13-8-18-17(20-15(13)6-12)7-16(22)11-2-3-11/h4-6,8-11H,2-3,7H2,1H3. The highest BCUT2D eigenvalue weighted by atomic mass is 16.1. The topological polar surface area (TPSA) is 60.7 Å². The number of ketones is 1. The average Bonchev–Trinajstić information content (AvgIpc) is 3.28. The maximum atomic E-state index is 11.9. The van der Waals surface area contributed by atoms with Gasteiger partial charge in [0.05, 0.1) is 18.1 Å². The van der Waals surface area contributed by atoms with Gasteiger partial charge in [-0.05, 0) is 24.5 Å². The molecule has 0 amide bonds. The first kappa shape index (κ1) is 13.1. The van der Waals surface area contributed by atoms with Gasteiger partial charge in [-0.1, -0.05) is 12.1 Å². The van der Waals surface area contributed by atoms with Crippen molar-refractivity contribution in [2.75, 3.05) is 0 Å². The third-order valence-electron chi connectivity index (χ3n) is 4.04. The van der Waals surface area contributed by atoms with Crippen molar-refractivity contribution in [3.63, 3.8) is 0 Å². The van der Waals surface area contributed by atoms with Crippen LogP contribution in [0.15, 0.2) is 36.8 Å². The number of fused-ring (bicyclic) bond motifs is 1. The molecule has 2 heterocycles. The first-order valence-electron chi connectivity index (χ1n) is 7.46. The Morgan fingerprint density at radius 1 is 1.27 bits per heavy atom. The lowest BCUT2D eigenvalue weighted by molar-refractivity contribution is -0.119. The molecule has 1 aromatic carbocycles. The normalized spacial score (nSPS) is 14.4. The number of aromatic nitrogens is 4. The minimum Gasteiger partial charge on any atom is -0.299 e. The Labute approximate surface area is 128 Å². The van der Waals surface area contributed by atoms with Crippen LogP contribution in [0.25, 0.3) is 22.0 Å². The van der Waals surface area contributed by atoms with Crippen LogP contribution in [0.1, 0.15) is 18.7 Å². The van der Waals surface area contributed by atoms with Crippen molar-refractivity contribution < 1.29 is 4.79 Å². The van der Waals surface area contributed by atoms with Crippen LogP contribution in [0.4, 0.5) is 0 Å². The van der Waals surface area contributed by atoms with Gasteiger partial charge in [0.15, 0.2) is 0 Å². The van der Waals surface area contributed by atoms with E-state index in [2.05, 4.69) is 15.1 Å². The lowest BCUT2D eigenvalue weighted by Crippen LogP contribution is -2.08. The molecule has 0 N–H and O–H groups in total. The second kappa shape index (κ2) is 5.02. The van der Waals surface area contributed by atoms with E-state index in [4.69, 9.17) is 0 Å². The highest BCUT2D eigenvalue weighted by Crippen LogP contribution is 2.30. The van der Waals surface area contributed by atoms with Crippen molar-refractivity contribution in [1.29, 1.82) is 0 Å². The largest absolute Gasteiger partial charge is 0.299 e. The fourth-order valence-electron chi connectivity index (χ4n) is 2.60. The maximum absolute atomic E-state index is 11.9. The predicted molar refractivity (Wildman–Crippen MR) is 83.2 cm³/mol. The summed E-state index contributed by atoms with van der Waals surface area (Å²) in [6.07, 6.45) is 8.00. The zero-order chi connectivity index (χ0) is 15.1. The van der Waals surface area contributed by atoms with E-state index in [0.29, 0.717) is 12.2 Å². The zero-order valence-corrected chi connectivity index (χ0v) is 12.4. The number of hydrogen-bond acceptors (Lipinski definition) is 4. The van der Waals surface area contributed by atoms with Gasteiger partial charge in [-0.3, -0.25) is 9.48 Å². The predicted octanol–water partition coefficient (Wildman–Crippen LogP) is 2.55. The first-order valence-corrected chi connectivity index (χ1v) is 7.46. The number of carbonyl (C=O) groups is 1. The van der Waals surface area contributed by atoms with E-state index in [0.717, 1.165) is 34.9 Å². The quantitative estimate of drug-likeness (QED) is 0.741. The molecule has 110 valence electrons. The molecule has 0 spiro atoms. The molecule has 2 aromatic heterocycles. The number of aryl methyl sites for hydroxylation is 1. The minimum atomic E-state index is 0.251. The summed E-state index contributed by atoms with van der Waals surface area (Å²) in [7, 11) is 1.90. The fourth-order valence-corrected chi connectivity index (χ4v) is 2.60. The summed E-state index contributed by atoms with van der Waals surface area (Å²) in [5, 5.41) is 5.18. The maximum Gasteiger partial charge on any atom is 0.143 e. The Morgan fingerprint density at radius 2 is 2.14 bits per heavy atom. The molecule has 0 radical (unpaired) electrons. The molecule has 1 aliphatic rings. The number of nitrogens with zero attached hydrogens (tertiary/aromatic N) is 4. The molecule has 0 aliphatic heterocycles. The van der Waals surface area contributed by atoms with Crippen molar-refractivity contribution in [3.05, 3.63) is 42.6 Å². The van der Waals surface area contributed by atoms with Crippen molar-refractivity contribution in [3.8, 4) is 11.1 Å². The summed E-state index contributed by atoms with van der Waals surface area (Å²) in [5.41, 5.74) is 2.99. The highest BCUT2D eigenvalue weighted by molar-refractivity contribution is 5.86. The Kier molecular flexibility index (Phi) is 2.99. The molecule has 4 rings (SSSR count). The van der Waals surface area contributed by atoms with Crippen LogP contribution in [0.5, 0.6) is 0 Å². The molecule has 5 nitrogen and oxygen atoms in total. The number of benzene rings is 1. The van der Waals surface area contributed by atoms with Crippen molar-refractivity contribution in [1.82, 2.24) is 19.7 Å². The lowest BCUT2D eigenvalue weighted by Gasteiger charge is -2.03. The zero-order valence-electron chi connectivity index (χ0n) is 12.4. The van der Waals surface area contributed by atoms with E-state index in [1.165, 1.54) is 0 Å². The monoisotopic (exact) mass is 292 g/mol. The summed E-state index contributed by atoms with van der Waals surface area (Å²) in [6, 6.07) is 6.07. The summed E-state index contributed by atoms with van der Waals surface area (Å²) in [6.45, 7) is 0. The molecule has 5 heteroatoms. The van der Waals surface area contributed by atoms with Gasteiger partial charge in [-0.25, -0.2) is 9.97 Å². The van der Waals surface area contributed by atoms with Gasteiger partial charge >= 0.3 is 0 Å². The second-order valence-electron chi connectivity index (χ2n) is 5.88. The minimum absolute atomic E-state index is 0.251. The van der Waals surface area contributed by atoms with E-state index in [1.807, 2.05) is 37.6 Å². The summed E-state index contributed by atoms with van der Waals surface area (Å²) in [5.74, 6) is 1.14. The number of Topliss-reactive ketones (excluding diaryl/α,β-unsaturated/α-hetero) is 1. The van der Waals surface area contributed by atoms with E-state index >= 15 is 0 Å². The second-order valence-corrected chi connectivity index (χ2v) is 5.88. The van der Waals surface area contributed by atoms with Gasteiger partial charge in [0.25, 0.3) is 0 Å². The number of carbonyl (C=O) groups excluding carboxylic acids is 1. The Morgan fingerprint density at radius 3 is 2.86 bits per heavy atom. The van der Waals surface area contributed by atoms with Crippen LogP contribution in [0, 0.1) is 5.92 Å². The van der Waals surface area contributed by atoms with Crippen molar-refractivity contribution in [2.24, 2.45) is 13.0 Å². The third kappa shape index (κ3) is 2.50. The fraction of sp³-hybridized carbons (Fsp3) is 0.294. The third-order valence-corrected chi connectivity index (χ3v) is 4.04. The van der Waals surface area contributed by atoms with Crippen LogP contribution in [-0.2, 0) is 18.3 Å². The summed E-state index contributed by atoms with van der Waals surface area (Å²) >= 11 is 0.